The average Bonchev–Trinajstić information content (AvgIpc) is 3.52. The number of aromatic nitrogens is 2. The minimum absolute atomic E-state index is 0.00475. The number of likely N-dealkylation sites (tertiary alicyclic amines) is 1. The van der Waals surface area contributed by atoms with Gasteiger partial charge in [-0.25, -0.2) is 22.2 Å². The maximum absolute atomic E-state index is 13.7. The topological polar surface area (TPSA) is 126 Å². The van der Waals surface area contributed by atoms with Crippen LogP contribution in [0.25, 0.3) is 21.1 Å². The third-order valence-corrected chi connectivity index (χ3v) is 10.0. The smallest absolute Gasteiger partial charge is 0.382 e. The molecule has 3 heterocycles. The van der Waals surface area contributed by atoms with Gasteiger partial charge in [-0.05, 0) is 26.8 Å². The Morgan fingerprint density at radius 1 is 1.19 bits per heavy atom. The van der Waals surface area contributed by atoms with E-state index in [-0.39, 0.29) is 45.7 Å². The van der Waals surface area contributed by atoms with E-state index in [1.165, 1.54) is 29.5 Å². The number of nitrogens with zero attached hydrogens (tertiary/aromatic N) is 3. The number of alkyl halides is 5. The standard InChI is InChI=1S/C24H23Cl2F5N4O5S2/c1-11(24(29,30)31)34-42(38,39)14-5-4-12(16(25)17(14)26)19-18(21(36)35-8-6-23(27,28)7-9-35)32-20(41-19)13-10-15(40-33-13)22(2,3)37/h4-5,10-11,34,37H,6-9H2,1-3H3. The zero-order valence-corrected chi connectivity index (χ0v) is 25.2. The molecule has 0 saturated carbocycles. The molecule has 1 saturated heterocycles. The first-order valence-electron chi connectivity index (χ1n) is 12.2. The van der Waals surface area contributed by atoms with Gasteiger partial charge in [-0.2, -0.15) is 17.9 Å². The summed E-state index contributed by atoms with van der Waals surface area (Å²) in [6, 6.07) is 1.02. The van der Waals surface area contributed by atoms with Gasteiger partial charge >= 0.3 is 6.18 Å². The van der Waals surface area contributed by atoms with Gasteiger partial charge in [0, 0.05) is 37.6 Å². The molecule has 1 amide bonds. The van der Waals surface area contributed by atoms with Crippen LogP contribution in [0.15, 0.2) is 27.6 Å². The molecule has 1 fully saturated rings. The van der Waals surface area contributed by atoms with Crippen molar-refractivity contribution < 1.29 is 44.8 Å². The van der Waals surface area contributed by atoms with Gasteiger partial charge < -0.3 is 14.5 Å². The first-order chi connectivity index (χ1) is 19.2. The zero-order valence-electron chi connectivity index (χ0n) is 22.0. The highest BCUT2D eigenvalue weighted by atomic mass is 35.5. The third-order valence-electron chi connectivity index (χ3n) is 6.35. The molecular formula is C24H23Cl2F5N4O5S2. The lowest BCUT2D eigenvalue weighted by atomic mass is 10.1. The lowest BCUT2D eigenvalue weighted by Crippen LogP contribution is -2.43. The van der Waals surface area contributed by atoms with E-state index in [4.69, 9.17) is 27.7 Å². The number of benzene rings is 1. The van der Waals surface area contributed by atoms with Crippen LogP contribution in [0.3, 0.4) is 0 Å². The summed E-state index contributed by atoms with van der Waals surface area (Å²) in [4.78, 5) is 18.4. The number of hydrogen-bond donors (Lipinski definition) is 2. The molecule has 1 aliphatic rings. The molecule has 1 aromatic carbocycles. The maximum Gasteiger partial charge on any atom is 0.404 e. The molecule has 3 aromatic rings. The molecule has 18 heteroatoms. The number of carbonyl (C=O) groups is 1. The molecular weight excluding hydrogens is 654 g/mol. The van der Waals surface area contributed by atoms with Gasteiger partial charge in [-0.3, -0.25) is 4.79 Å². The molecule has 0 bridgehead atoms. The quantitative estimate of drug-likeness (QED) is 0.290. The summed E-state index contributed by atoms with van der Waals surface area (Å²) in [6.45, 7) is 2.99. The summed E-state index contributed by atoms with van der Waals surface area (Å²) in [6.07, 6.45) is -6.00. The lowest BCUT2D eigenvalue weighted by molar-refractivity contribution is -0.147. The Labute approximate surface area is 250 Å². The Morgan fingerprint density at radius 2 is 1.81 bits per heavy atom. The number of hydrogen-bond acceptors (Lipinski definition) is 8. The molecule has 0 aliphatic carbocycles. The summed E-state index contributed by atoms with van der Waals surface area (Å²) >= 11 is 13.5. The van der Waals surface area contributed by atoms with Gasteiger partial charge in [-0.1, -0.05) is 34.4 Å². The average molecular weight is 678 g/mol. The number of thiazole rings is 1. The first-order valence-corrected chi connectivity index (χ1v) is 15.2. The summed E-state index contributed by atoms with van der Waals surface area (Å²) in [7, 11) is -4.79. The largest absolute Gasteiger partial charge is 0.404 e. The highest BCUT2D eigenvalue weighted by Gasteiger charge is 2.40. The van der Waals surface area contributed by atoms with Crippen LogP contribution >= 0.6 is 34.5 Å². The Kier molecular flexibility index (Phi) is 8.74. The van der Waals surface area contributed by atoms with Crippen LogP contribution in [0.2, 0.25) is 10.0 Å². The van der Waals surface area contributed by atoms with Gasteiger partial charge in [0.15, 0.2) is 5.76 Å². The van der Waals surface area contributed by atoms with Crippen LogP contribution in [0.1, 0.15) is 49.9 Å². The second-order valence-corrected chi connectivity index (χ2v) is 13.5. The number of aliphatic hydroxyl groups is 1. The number of amides is 1. The summed E-state index contributed by atoms with van der Waals surface area (Å²) < 4.78 is 98.5. The molecule has 1 aliphatic heterocycles. The van der Waals surface area contributed by atoms with Crippen LogP contribution < -0.4 is 4.72 Å². The number of nitrogens with one attached hydrogen (secondary N) is 1. The summed E-state index contributed by atoms with van der Waals surface area (Å²) in [5, 5.41) is 13.2. The van der Waals surface area contributed by atoms with E-state index in [0.29, 0.717) is 6.92 Å². The second kappa shape index (κ2) is 11.3. The van der Waals surface area contributed by atoms with Gasteiger partial charge in [0.2, 0.25) is 10.0 Å². The molecule has 42 heavy (non-hydrogen) atoms. The number of sulfonamides is 1. The highest BCUT2D eigenvalue weighted by molar-refractivity contribution is 7.89. The molecule has 0 spiro atoms. The molecule has 2 N–H and O–H groups in total. The Bertz CT molecular complexity index is 1610. The van der Waals surface area contributed by atoms with E-state index >= 15 is 0 Å². The van der Waals surface area contributed by atoms with Crippen molar-refractivity contribution in [2.75, 3.05) is 13.1 Å². The van der Waals surface area contributed by atoms with Crippen molar-refractivity contribution >= 4 is 50.5 Å². The van der Waals surface area contributed by atoms with Gasteiger partial charge in [-0.15, -0.1) is 11.3 Å². The Hall–Kier alpha value is -2.37. The van der Waals surface area contributed by atoms with E-state index in [1.807, 2.05) is 0 Å². The maximum atomic E-state index is 13.7. The van der Waals surface area contributed by atoms with Crippen molar-refractivity contribution in [2.24, 2.45) is 0 Å². The van der Waals surface area contributed by atoms with Gasteiger partial charge in [0.25, 0.3) is 11.8 Å². The molecule has 0 radical (unpaired) electrons. The normalized spacial score (nSPS) is 17.0. The predicted molar refractivity (Wildman–Crippen MR) is 144 cm³/mol. The van der Waals surface area contributed by atoms with Crippen molar-refractivity contribution in [3.05, 3.63) is 39.7 Å². The summed E-state index contributed by atoms with van der Waals surface area (Å²) in [5.74, 6) is -3.58. The fraction of sp³-hybridized carbons (Fsp3) is 0.458. The molecule has 1 unspecified atom stereocenters. The fourth-order valence-corrected chi connectivity index (χ4v) is 7.08. The fourth-order valence-electron chi connectivity index (χ4n) is 3.89. The highest BCUT2D eigenvalue weighted by Crippen LogP contribution is 2.44. The van der Waals surface area contributed by atoms with Crippen LogP contribution in [-0.2, 0) is 15.6 Å². The molecule has 2 aromatic heterocycles. The zero-order chi connectivity index (χ0) is 31.4. The lowest BCUT2D eigenvalue weighted by Gasteiger charge is -2.31. The predicted octanol–water partition coefficient (Wildman–Crippen LogP) is 6.10. The van der Waals surface area contributed by atoms with Crippen molar-refractivity contribution in [2.45, 2.75) is 62.3 Å². The third kappa shape index (κ3) is 6.73. The van der Waals surface area contributed by atoms with E-state index < -0.39 is 67.5 Å². The molecule has 1 atom stereocenters. The van der Waals surface area contributed by atoms with Gasteiger partial charge in [0.05, 0.1) is 14.9 Å². The van der Waals surface area contributed by atoms with Crippen LogP contribution in [0, 0.1) is 0 Å². The SMILES string of the molecule is CC(NS(=O)(=O)c1ccc(-c2sc(-c3cc(C(C)(C)O)on3)nc2C(=O)N2CCC(F)(F)CC2)c(Cl)c1Cl)C(F)(F)F. The monoisotopic (exact) mass is 676 g/mol. The van der Waals surface area contributed by atoms with Crippen LogP contribution in [-0.4, -0.2) is 65.7 Å². The van der Waals surface area contributed by atoms with Crippen molar-refractivity contribution in [3.63, 3.8) is 0 Å². The molecule has 230 valence electrons. The van der Waals surface area contributed by atoms with Crippen LogP contribution in [0.5, 0.6) is 0 Å². The van der Waals surface area contributed by atoms with E-state index in [0.717, 1.165) is 23.5 Å². The number of halogens is 7. The Morgan fingerprint density at radius 3 is 2.36 bits per heavy atom. The van der Waals surface area contributed by atoms with Crippen molar-refractivity contribution in [3.8, 4) is 21.1 Å². The molecule has 4 rings (SSSR count). The molecule has 9 nitrogen and oxygen atoms in total. The first kappa shape index (κ1) is 32.5. The van der Waals surface area contributed by atoms with E-state index in [2.05, 4.69) is 10.1 Å². The second-order valence-electron chi connectivity index (χ2n) is 10.1. The minimum Gasteiger partial charge on any atom is -0.382 e. The number of carbonyl (C=O) groups excluding carboxylic acids is 1. The Balaban J connectivity index is 1.80. The number of rotatable bonds is 7. The van der Waals surface area contributed by atoms with Gasteiger partial charge in [0.1, 0.15) is 32.9 Å². The minimum atomic E-state index is -4.87. The summed E-state index contributed by atoms with van der Waals surface area (Å²) in [5.41, 5.74) is -1.51. The van der Waals surface area contributed by atoms with Crippen molar-refractivity contribution in [1.29, 1.82) is 0 Å². The van der Waals surface area contributed by atoms with E-state index in [1.54, 1.807) is 0 Å². The number of piperidine rings is 1. The van der Waals surface area contributed by atoms with E-state index in [9.17, 15) is 40.3 Å². The van der Waals surface area contributed by atoms with Crippen molar-refractivity contribution in [1.82, 2.24) is 19.8 Å². The van der Waals surface area contributed by atoms with Crippen LogP contribution in [0.4, 0.5) is 22.0 Å².